The molecular formula is C15H20N2O2. The molecule has 102 valence electrons. The van der Waals surface area contributed by atoms with Crippen LogP contribution in [-0.2, 0) is 4.79 Å². The van der Waals surface area contributed by atoms with Crippen LogP contribution >= 0.6 is 0 Å². The van der Waals surface area contributed by atoms with Crippen molar-refractivity contribution in [3.8, 4) is 0 Å². The third kappa shape index (κ3) is 3.56. The highest BCUT2D eigenvalue weighted by Gasteiger charge is 2.21. The highest BCUT2D eigenvalue weighted by Crippen LogP contribution is 2.19. The van der Waals surface area contributed by atoms with Crippen molar-refractivity contribution in [3.63, 3.8) is 0 Å². The second-order valence-electron chi connectivity index (χ2n) is 5.23. The van der Waals surface area contributed by atoms with Gasteiger partial charge in [0.2, 0.25) is 5.91 Å². The van der Waals surface area contributed by atoms with Crippen LogP contribution in [0.1, 0.15) is 37.0 Å². The van der Waals surface area contributed by atoms with E-state index in [9.17, 15) is 9.59 Å². The van der Waals surface area contributed by atoms with Crippen molar-refractivity contribution in [3.05, 3.63) is 29.8 Å². The molecule has 0 radical (unpaired) electrons. The number of amides is 2. The SMILES string of the molecule is CC(=O)Nc1ccc(C(=O)N2CCC(C)CC2)cc1. The molecule has 0 unspecified atom stereocenters. The zero-order valence-electron chi connectivity index (χ0n) is 11.5. The molecule has 1 aliphatic rings. The van der Waals surface area contributed by atoms with Gasteiger partial charge in [-0.2, -0.15) is 0 Å². The molecule has 19 heavy (non-hydrogen) atoms. The summed E-state index contributed by atoms with van der Waals surface area (Å²) in [5.74, 6) is 0.691. The smallest absolute Gasteiger partial charge is 0.253 e. The van der Waals surface area contributed by atoms with E-state index in [0.29, 0.717) is 11.5 Å². The molecule has 2 amide bonds. The quantitative estimate of drug-likeness (QED) is 0.888. The Balaban J connectivity index is 2.01. The molecule has 1 N–H and O–H groups in total. The monoisotopic (exact) mass is 260 g/mol. The highest BCUT2D eigenvalue weighted by atomic mass is 16.2. The Morgan fingerprint density at radius 3 is 2.26 bits per heavy atom. The van der Waals surface area contributed by atoms with E-state index < -0.39 is 0 Å². The Morgan fingerprint density at radius 2 is 1.74 bits per heavy atom. The lowest BCUT2D eigenvalue weighted by molar-refractivity contribution is -0.114. The van der Waals surface area contributed by atoms with Gasteiger partial charge in [0.05, 0.1) is 0 Å². The number of likely N-dealkylation sites (tertiary alicyclic amines) is 1. The topological polar surface area (TPSA) is 49.4 Å². The zero-order chi connectivity index (χ0) is 13.8. The molecule has 0 bridgehead atoms. The summed E-state index contributed by atoms with van der Waals surface area (Å²) in [5, 5.41) is 2.69. The normalized spacial score (nSPS) is 16.2. The molecule has 1 aliphatic heterocycles. The molecule has 0 aliphatic carbocycles. The van der Waals surface area contributed by atoms with Gasteiger partial charge in [-0.15, -0.1) is 0 Å². The van der Waals surface area contributed by atoms with Gasteiger partial charge < -0.3 is 10.2 Å². The first-order valence-corrected chi connectivity index (χ1v) is 6.73. The van der Waals surface area contributed by atoms with Crippen LogP contribution in [0, 0.1) is 5.92 Å². The lowest BCUT2D eigenvalue weighted by Gasteiger charge is -2.30. The van der Waals surface area contributed by atoms with Gasteiger partial charge in [0.1, 0.15) is 0 Å². The first-order valence-electron chi connectivity index (χ1n) is 6.73. The van der Waals surface area contributed by atoms with Crippen molar-refractivity contribution in [2.45, 2.75) is 26.7 Å². The van der Waals surface area contributed by atoms with E-state index >= 15 is 0 Å². The second kappa shape index (κ2) is 5.87. The third-order valence-corrected chi connectivity index (χ3v) is 3.52. The summed E-state index contributed by atoms with van der Waals surface area (Å²) in [6.45, 7) is 5.37. The van der Waals surface area contributed by atoms with Crippen LogP contribution in [0.4, 0.5) is 5.69 Å². The van der Waals surface area contributed by atoms with Gasteiger partial charge in [-0.3, -0.25) is 9.59 Å². The molecule has 1 heterocycles. The number of carbonyl (C=O) groups is 2. The maximum absolute atomic E-state index is 12.3. The Labute approximate surface area is 113 Å². The van der Waals surface area contributed by atoms with E-state index in [4.69, 9.17) is 0 Å². The van der Waals surface area contributed by atoms with Crippen LogP contribution in [-0.4, -0.2) is 29.8 Å². The van der Waals surface area contributed by atoms with Gasteiger partial charge in [0, 0.05) is 31.3 Å². The number of benzene rings is 1. The van der Waals surface area contributed by atoms with Gasteiger partial charge in [0.15, 0.2) is 0 Å². The third-order valence-electron chi connectivity index (χ3n) is 3.52. The average Bonchev–Trinajstić information content (AvgIpc) is 2.39. The minimum absolute atomic E-state index is 0.0845. The van der Waals surface area contributed by atoms with E-state index in [0.717, 1.165) is 31.6 Å². The Hall–Kier alpha value is -1.84. The van der Waals surface area contributed by atoms with Gasteiger partial charge >= 0.3 is 0 Å². The Kier molecular flexibility index (Phi) is 4.20. The predicted molar refractivity (Wildman–Crippen MR) is 75.0 cm³/mol. The van der Waals surface area contributed by atoms with E-state index in [2.05, 4.69) is 12.2 Å². The summed E-state index contributed by atoms with van der Waals surface area (Å²) in [6.07, 6.45) is 2.16. The summed E-state index contributed by atoms with van der Waals surface area (Å²) < 4.78 is 0. The number of hydrogen-bond donors (Lipinski definition) is 1. The maximum Gasteiger partial charge on any atom is 0.253 e. The zero-order valence-corrected chi connectivity index (χ0v) is 11.5. The Bertz CT molecular complexity index is 460. The number of piperidine rings is 1. The van der Waals surface area contributed by atoms with Gasteiger partial charge in [-0.1, -0.05) is 6.92 Å². The van der Waals surface area contributed by atoms with Crippen molar-refractivity contribution < 1.29 is 9.59 Å². The lowest BCUT2D eigenvalue weighted by Crippen LogP contribution is -2.37. The summed E-state index contributed by atoms with van der Waals surface area (Å²) in [4.78, 5) is 25.1. The molecule has 1 fully saturated rings. The van der Waals surface area contributed by atoms with Crippen LogP contribution in [0.15, 0.2) is 24.3 Å². The van der Waals surface area contributed by atoms with Crippen LogP contribution in [0.2, 0.25) is 0 Å². The first-order chi connectivity index (χ1) is 9.06. The minimum Gasteiger partial charge on any atom is -0.339 e. The summed E-state index contributed by atoms with van der Waals surface area (Å²) >= 11 is 0. The van der Waals surface area contributed by atoms with E-state index in [1.54, 1.807) is 24.3 Å². The molecule has 0 spiro atoms. The average molecular weight is 260 g/mol. The molecule has 1 aromatic rings. The van der Waals surface area contributed by atoms with Crippen LogP contribution in [0.3, 0.4) is 0 Å². The number of rotatable bonds is 2. The molecule has 0 atom stereocenters. The van der Waals surface area contributed by atoms with Crippen LogP contribution in [0.25, 0.3) is 0 Å². The molecule has 0 aromatic heterocycles. The minimum atomic E-state index is -0.107. The number of carbonyl (C=O) groups excluding carboxylic acids is 2. The van der Waals surface area contributed by atoms with Crippen molar-refractivity contribution >= 4 is 17.5 Å². The van der Waals surface area contributed by atoms with Crippen LogP contribution < -0.4 is 5.32 Å². The van der Waals surface area contributed by atoms with Gasteiger partial charge in [0.25, 0.3) is 5.91 Å². The largest absolute Gasteiger partial charge is 0.339 e. The fourth-order valence-electron chi connectivity index (χ4n) is 2.29. The standard InChI is InChI=1S/C15H20N2O2/c1-11-7-9-17(10-8-11)15(19)13-3-5-14(6-4-13)16-12(2)18/h3-6,11H,7-10H2,1-2H3,(H,16,18). The molecule has 1 saturated heterocycles. The van der Waals surface area contributed by atoms with Crippen molar-refractivity contribution in [2.75, 3.05) is 18.4 Å². The van der Waals surface area contributed by atoms with E-state index in [-0.39, 0.29) is 11.8 Å². The fourth-order valence-corrected chi connectivity index (χ4v) is 2.29. The summed E-state index contributed by atoms with van der Waals surface area (Å²) in [7, 11) is 0. The Morgan fingerprint density at radius 1 is 1.16 bits per heavy atom. The first kappa shape index (κ1) is 13.6. The van der Waals surface area contributed by atoms with Crippen LogP contribution in [0.5, 0.6) is 0 Å². The predicted octanol–water partition coefficient (Wildman–Crippen LogP) is 2.52. The molecule has 1 aromatic carbocycles. The van der Waals surface area contributed by atoms with Gasteiger partial charge in [-0.25, -0.2) is 0 Å². The summed E-state index contributed by atoms with van der Waals surface area (Å²) in [5.41, 5.74) is 1.40. The number of anilines is 1. The van der Waals surface area contributed by atoms with Gasteiger partial charge in [-0.05, 0) is 43.0 Å². The number of nitrogens with one attached hydrogen (secondary N) is 1. The van der Waals surface area contributed by atoms with Crippen molar-refractivity contribution in [1.82, 2.24) is 4.90 Å². The number of nitrogens with zero attached hydrogens (tertiary/aromatic N) is 1. The molecule has 2 rings (SSSR count). The summed E-state index contributed by atoms with van der Waals surface area (Å²) in [6, 6.07) is 7.07. The van der Waals surface area contributed by atoms with E-state index in [1.807, 2.05) is 4.90 Å². The lowest BCUT2D eigenvalue weighted by atomic mass is 9.98. The molecule has 4 heteroatoms. The van der Waals surface area contributed by atoms with Crippen molar-refractivity contribution in [1.29, 1.82) is 0 Å². The number of hydrogen-bond acceptors (Lipinski definition) is 2. The maximum atomic E-state index is 12.3. The molecular weight excluding hydrogens is 240 g/mol. The van der Waals surface area contributed by atoms with E-state index in [1.165, 1.54) is 6.92 Å². The molecule has 4 nitrogen and oxygen atoms in total. The molecule has 0 saturated carbocycles. The second-order valence-corrected chi connectivity index (χ2v) is 5.23. The highest BCUT2D eigenvalue weighted by molar-refractivity contribution is 5.95. The fraction of sp³-hybridized carbons (Fsp3) is 0.467. The van der Waals surface area contributed by atoms with Crippen molar-refractivity contribution in [2.24, 2.45) is 5.92 Å².